The van der Waals surface area contributed by atoms with E-state index in [4.69, 9.17) is 25.8 Å². The summed E-state index contributed by atoms with van der Waals surface area (Å²) in [5.74, 6) is 1.26. The van der Waals surface area contributed by atoms with Gasteiger partial charge in [0.1, 0.15) is 17.2 Å². The van der Waals surface area contributed by atoms with Gasteiger partial charge in [-0.3, -0.25) is 0 Å². The third kappa shape index (κ3) is 4.39. The fourth-order valence-electron chi connectivity index (χ4n) is 1.72. The van der Waals surface area contributed by atoms with Crippen LogP contribution in [0.2, 0.25) is 5.02 Å². The van der Waals surface area contributed by atoms with Crippen molar-refractivity contribution in [2.24, 2.45) is 0 Å². The lowest BCUT2D eigenvalue weighted by Gasteiger charge is -2.09. The number of benzene rings is 2. The first-order valence-corrected chi connectivity index (χ1v) is 6.70. The molecule has 0 unspecified atom stereocenters. The van der Waals surface area contributed by atoms with Crippen LogP contribution < -0.4 is 14.2 Å². The van der Waals surface area contributed by atoms with E-state index in [9.17, 15) is 4.79 Å². The summed E-state index contributed by atoms with van der Waals surface area (Å²) in [5.41, 5.74) is 0.861. The van der Waals surface area contributed by atoms with Crippen LogP contribution in [0.25, 0.3) is 0 Å². The fourth-order valence-corrected chi connectivity index (χ4v) is 1.94. The summed E-state index contributed by atoms with van der Waals surface area (Å²) in [6.45, 7) is 1.69. The Morgan fingerprint density at radius 2 is 1.76 bits per heavy atom. The van der Waals surface area contributed by atoms with E-state index in [0.717, 1.165) is 5.56 Å². The Labute approximate surface area is 128 Å². The molecule has 0 spiro atoms. The Hall–Kier alpha value is -2.20. The second-order valence-electron chi connectivity index (χ2n) is 4.35. The zero-order valence-corrected chi connectivity index (χ0v) is 12.5. The van der Waals surface area contributed by atoms with Gasteiger partial charge in [0.25, 0.3) is 0 Å². The molecule has 21 heavy (non-hydrogen) atoms. The van der Waals surface area contributed by atoms with E-state index in [1.165, 1.54) is 0 Å². The molecule has 0 aliphatic heterocycles. The summed E-state index contributed by atoms with van der Waals surface area (Å²) in [7, 11) is 1.57. The molecule has 5 heteroatoms. The Morgan fingerprint density at radius 3 is 2.38 bits per heavy atom. The van der Waals surface area contributed by atoms with Gasteiger partial charge < -0.3 is 14.2 Å². The van der Waals surface area contributed by atoms with Crippen molar-refractivity contribution in [1.29, 1.82) is 0 Å². The van der Waals surface area contributed by atoms with Gasteiger partial charge in [0.05, 0.1) is 7.11 Å². The van der Waals surface area contributed by atoms with Gasteiger partial charge >= 0.3 is 5.97 Å². The third-order valence-electron chi connectivity index (χ3n) is 2.77. The molecule has 110 valence electrons. The largest absolute Gasteiger partial charge is 0.497 e. The van der Waals surface area contributed by atoms with Crippen molar-refractivity contribution in [3.8, 4) is 17.2 Å². The molecule has 0 saturated carbocycles. The topological polar surface area (TPSA) is 44.8 Å². The number of methoxy groups -OCH3 is 1. The van der Waals surface area contributed by atoms with Crippen molar-refractivity contribution in [3.63, 3.8) is 0 Å². The first kappa shape index (κ1) is 15.2. The quantitative estimate of drug-likeness (QED) is 0.625. The van der Waals surface area contributed by atoms with Crippen LogP contribution in [0.4, 0.5) is 0 Å². The average Bonchev–Trinajstić information content (AvgIpc) is 2.47. The molecule has 0 bridgehead atoms. The van der Waals surface area contributed by atoms with Crippen molar-refractivity contribution in [2.75, 3.05) is 13.7 Å². The van der Waals surface area contributed by atoms with Crippen molar-refractivity contribution in [1.82, 2.24) is 0 Å². The predicted molar refractivity (Wildman–Crippen MR) is 80.3 cm³/mol. The van der Waals surface area contributed by atoms with E-state index in [0.29, 0.717) is 22.3 Å². The summed E-state index contributed by atoms with van der Waals surface area (Å²) in [6, 6.07) is 11.9. The number of esters is 1. The summed E-state index contributed by atoms with van der Waals surface area (Å²) in [6.07, 6.45) is 0. The van der Waals surface area contributed by atoms with Crippen LogP contribution >= 0.6 is 11.6 Å². The predicted octanol–water partition coefficient (Wildman–Crippen LogP) is 3.64. The van der Waals surface area contributed by atoms with Gasteiger partial charge in [-0.25, -0.2) is 4.79 Å². The van der Waals surface area contributed by atoms with E-state index in [2.05, 4.69) is 0 Å². The molecule has 0 aromatic heterocycles. The van der Waals surface area contributed by atoms with Gasteiger partial charge in [-0.1, -0.05) is 11.6 Å². The molecular weight excluding hydrogens is 292 g/mol. The zero-order valence-electron chi connectivity index (χ0n) is 11.8. The number of carbonyl (C=O) groups is 1. The van der Waals surface area contributed by atoms with Crippen molar-refractivity contribution in [3.05, 3.63) is 53.1 Å². The van der Waals surface area contributed by atoms with Crippen molar-refractivity contribution < 1.29 is 19.0 Å². The van der Waals surface area contributed by atoms with Crippen LogP contribution in [0.1, 0.15) is 5.56 Å². The number of hydrogen-bond acceptors (Lipinski definition) is 4. The molecule has 4 nitrogen and oxygen atoms in total. The average molecular weight is 307 g/mol. The van der Waals surface area contributed by atoms with Crippen LogP contribution in [0.5, 0.6) is 17.2 Å². The van der Waals surface area contributed by atoms with Gasteiger partial charge in [-0.05, 0) is 55.0 Å². The van der Waals surface area contributed by atoms with Gasteiger partial charge in [-0.15, -0.1) is 0 Å². The molecule has 2 rings (SSSR count). The highest BCUT2D eigenvalue weighted by molar-refractivity contribution is 6.30. The Kier molecular flexibility index (Phi) is 5.06. The minimum absolute atomic E-state index is 0.172. The van der Waals surface area contributed by atoms with Crippen LogP contribution in [-0.4, -0.2) is 19.7 Å². The SMILES string of the molecule is COc1ccc(OC(=O)COc2ccc(Cl)cc2C)cc1. The summed E-state index contributed by atoms with van der Waals surface area (Å²) in [4.78, 5) is 11.7. The highest BCUT2D eigenvalue weighted by atomic mass is 35.5. The molecular formula is C16H15ClO4. The molecule has 0 amide bonds. The highest BCUT2D eigenvalue weighted by Crippen LogP contribution is 2.22. The molecule has 0 atom stereocenters. The number of hydrogen-bond donors (Lipinski definition) is 0. The molecule has 0 aliphatic rings. The molecule has 0 heterocycles. The smallest absolute Gasteiger partial charge is 0.349 e. The molecule has 0 N–H and O–H groups in total. The maximum absolute atomic E-state index is 11.7. The monoisotopic (exact) mass is 306 g/mol. The lowest BCUT2D eigenvalue weighted by atomic mass is 10.2. The van der Waals surface area contributed by atoms with Gasteiger partial charge in [0, 0.05) is 5.02 Å². The van der Waals surface area contributed by atoms with E-state index in [1.54, 1.807) is 49.6 Å². The minimum Gasteiger partial charge on any atom is -0.497 e. The molecule has 0 aliphatic carbocycles. The number of ether oxygens (including phenoxy) is 3. The lowest BCUT2D eigenvalue weighted by Crippen LogP contribution is -2.17. The number of rotatable bonds is 5. The number of carbonyl (C=O) groups excluding carboxylic acids is 1. The maximum Gasteiger partial charge on any atom is 0.349 e. The summed E-state index contributed by atoms with van der Waals surface area (Å²) < 4.78 is 15.6. The summed E-state index contributed by atoms with van der Waals surface area (Å²) >= 11 is 5.85. The lowest BCUT2D eigenvalue weighted by molar-refractivity contribution is -0.136. The third-order valence-corrected chi connectivity index (χ3v) is 3.01. The zero-order chi connectivity index (χ0) is 15.2. The molecule has 0 saturated heterocycles. The van der Waals surface area contributed by atoms with Gasteiger partial charge in [-0.2, -0.15) is 0 Å². The molecule has 2 aromatic carbocycles. The van der Waals surface area contributed by atoms with Crippen LogP contribution in [0, 0.1) is 6.92 Å². The first-order chi connectivity index (χ1) is 10.1. The van der Waals surface area contributed by atoms with Crippen molar-refractivity contribution >= 4 is 17.6 Å². The minimum atomic E-state index is -0.477. The summed E-state index contributed by atoms with van der Waals surface area (Å²) in [5, 5.41) is 0.626. The van der Waals surface area contributed by atoms with Crippen LogP contribution in [-0.2, 0) is 4.79 Å². The Bertz CT molecular complexity index is 623. The van der Waals surface area contributed by atoms with E-state index < -0.39 is 5.97 Å². The van der Waals surface area contributed by atoms with Crippen molar-refractivity contribution in [2.45, 2.75) is 6.92 Å². The second-order valence-corrected chi connectivity index (χ2v) is 4.78. The first-order valence-electron chi connectivity index (χ1n) is 6.32. The van der Waals surface area contributed by atoms with E-state index in [-0.39, 0.29) is 6.61 Å². The normalized spacial score (nSPS) is 10.0. The Balaban J connectivity index is 1.89. The van der Waals surface area contributed by atoms with E-state index >= 15 is 0 Å². The van der Waals surface area contributed by atoms with Crippen LogP contribution in [0.3, 0.4) is 0 Å². The molecule has 2 aromatic rings. The fraction of sp³-hybridized carbons (Fsp3) is 0.188. The van der Waals surface area contributed by atoms with Gasteiger partial charge in [0.2, 0.25) is 0 Å². The Morgan fingerprint density at radius 1 is 1.10 bits per heavy atom. The van der Waals surface area contributed by atoms with Gasteiger partial charge in [0.15, 0.2) is 6.61 Å². The van der Waals surface area contributed by atoms with Crippen LogP contribution in [0.15, 0.2) is 42.5 Å². The number of aryl methyl sites for hydroxylation is 1. The molecule has 0 fully saturated rings. The second kappa shape index (κ2) is 6.99. The standard InChI is InChI=1S/C16H15ClO4/c1-11-9-12(17)3-8-15(11)20-10-16(18)21-14-6-4-13(19-2)5-7-14/h3-9H,10H2,1-2H3. The number of halogens is 1. The van der Waals surface area contributed by atoms with E-state index in [1.807, 2.05) is 6.92 Å². The maximum atomic E-state index is 11.7. The highest BCUT2D eigenvalue weighted by Gasteiger charge is 2.08. The molecule has 0 radical (unpaired) electrons.